The molecule has 0 atom stereocenters. The maximum atomic E-state index is 4.01. The quantitative estimate of drug-likeness (QED) is 0.0985. The van der Waals surface area contributed by atoms with Crippen LogP contribution in [0.25, 0.3) is 99.5 Å². The molecule has 19 aromatic rings. The lowest BCUT2D eigenvalue weighted by molar-refractivity contribution is 1.17. The Balaban J connectivity index is 0.000000155. The number of anilines is 11. The number of fused-ring (bicyclic) bond motifs is 6. The fraction of sp³-hybridized carbons (Fsp3) is 0. The van der Waals surface area contributed by atoms with Crippen molar-refractivity contribution in [2.75, 3.05) is 20.0 Å². The smallest absolute Gasteiger partial charge is 0.0618 e. The van der Waals surface area contributed by atoms with Gasteiger partial charge in [0.2, 0.25) is 0 Å². The number of halogens is 1. The molecule has 109 heavy (non-hydrogen) atoms. The topological polar surface area (TPSA) is 31.6 Å². The van der Waals surface area contributed by atoms with Crippen molar-refractivity contribution in [1.29, 1.82) is 0 Å². The number of hydrogen-bond acceptors (Lipinski definition) is 4. The summed E-state index contributed by atoms with van der Waals surface area (Å²) in [7, 11) is 0. The SMILES string of the molecule is Brc1cccc(N(c2cc(N(c3ccccc3)c3ccccc3)c3c4ccccc4n(-c4ccccc4)c3c2)c2c(-c3ccccc3)cccc2-c2ccccc2)c1.c1ccc(-c2cccc(-c3ccccc3)c2Nc2cc(N(c3ccccc3)c3ccccc3)c3c4ccccc4n(-c4ccccc4)c3c2)cc1. The van der Waals surface area contributed by atoms with Gasteiger partial charge in [-0.15, -0.1) is 0 Å². The zero-order valence-electron chi connectivity index (χ0n) is 59.7. The van der Waals surface area contributed by atoms with Crippen molar-refractivity contribution in [2.24, 2.45) is 0 Å². The van der Waals surface area contributed by atoms with Crippen LogP contribution >= 0.6 is 15.9 Å². The van der Waals surface area contributed by atoms with Gasteiger partial charge in [0, 0.05) is 93.8 Å². The van der Waals surface area contributed by atoms with Gasteiger partial charge in [-0.3, -0.25) is 0 Å². The third-order valence-corrected chi connectivity index (χ3v) is 20.8. The molecule has 0 saturated heterocycles. The van der Waals surface area contributed by atoms with Gasteiger partial charge < -0.3 is 29.2 Å². The van der Waals surface area contributed by atoms with Crippen LogP contribution in [-0.2, 0) is 0 Å². The largest absolute Gasteiger partial charge is 0.354 e. The second kappa shape index (κ2) is 30.2. The van der Waals surface area contributed by atoms with Crippen molar-refractivity contribution in [3.05, 3.63) is 441 Å². The van der Waals surface area contributed by atoms with Gasteiger partial charge in [-0.25, -0.2) is 0 Å². The number of hydrogen-bond donors (Lipinski definition) is 1. The first kappa shape index (κ1) is 66.9. The molecule has 0 fully saturated rings. The van der Waals surface area contributed by atoms with Crippen LogP contribution in [0.4, 0.5) is 62.6 Å². The summed E-state index contributed by atoms with van der Waals surface area (Å²) >= 11 is 3.87. The average molecular weight is 1460 g/mol. The number of aromatic nitrogens is 2. The molecule has 2 aromatic heterocycles. The summed E-state index contributed by atoms with van der Waals surface area (Å²) in [6, 6.07) is 156. The molecule has 0 aliphatic rings. The maximum absolute atomic E-state index is 4.01. The first-order chi connectivity index (χ1) is 54.1. The molecular weight excluding hydrogens is 1390 g/mol. The minimum atomic E-state index is 0.995. The van der Waals surface area contributed by atoms with Crippen molar-refractivity contribution in [3.63, 3.8) is 0 Å². The first-order valence-electron chi connectivity index (χ1n) is 36.9. The summed E-state index contributed by atoms with van der Waals surface area (Å²) in [4.78, 5) is 7.25. The lowest BCUT2D eigenvalue weighted by atomic mass is 9.94. The molecule has 17 aromatic carbocycles. The highest BCUT2D eigenvalue weighted by molar-refractivity contribution is 9.10. The maximum Gasteiger partial charge on any atom is 0.0618 e. The molecule has 518 valence electrons. The molecule has 2 heterocycles. The van der Waals surface area contributed by atoms with E-state index in [2.05, 4.69) is 482 Å². The highest BCUT2D eigenvalue weighted by Crippen LogP contribution is 2.53. The van der Waals surface area contributed by atoms with Gasteiger partial charge in [-0.1, -0.05) is 325 Å². The first-order valence-corrected chi connectivity index (χ1v) is 37.7. The fourth-order valence-corrected chi connectivity index (χ4v) is 16.0. The molecule has 0 spiro atoms. The molecule has 6 nitrogen and oxygen atoms in total. The predicted molar refractivity (Wildman–Crippen MR) is 465 cm³/mol. The molecule has 0 saturated carbocycles. The number of rotatable bonds is 17. The van der Waals surface area contributed by atoms with Crippen LogP contribution in [0.5, 0.6) is 0 Å². The highest BCUT2D eigenvalue weighted by atomic mass is 79.9. The van der Waals surface area contributed by atoms with Crippen molar-refractivity contribution in [2.45, 2.75) is 0 Å². The molecule has 0 amide bonds. The van der Waals surface area contributed by atoms with Gasteiger partial charge in [0.1, 0.15) is 0 Å². The number of nitrogens with zero attached hydrogens (tertiary/aromatic N) is 5. The van der Waals surface area contributed by atoms with Crippen LogP contribution in [0.3, 0.4) is 0 Å². The molecule has 19 rings (SSSR count). The van der Waals surface area contributed by atoms with Crippen LogP contribution in [-0.4, -0.2) is 9.13 Å². The Hall–Kier alpha value is -14.0. The van der Waals surface area contributed by atoms with Crippen molar-refractivity contribution >= 4 is 122 Å². The summed E-state index contributed by atoms with van der Waals surface area (Å²) in [5.41, 5.74) is 27.6. The molecule has 0 bridgehead atoms. The molecule has 0 aliphatic heterocycles. The second-order valence-electron chi connectivity index (χ2n) is 27.0. The minimum absolute atomic E-state index is 0.995. The van der Waals surface area contributed by atoms with E-state index in [9.17, 15) is 0 Å². The van der Waals surface area contributed by atoms with Crippen LogP contribution in [0, 0.1) is 0 Å². The lowest BCUT2D eigenvalue weighted by Gasteiger charge is -2.33. The zero-order chi connectivity index (χ0) is 72.8. The Morgan fingerprint density at radius 2 is 0.550 bits per heavy atom. The summed E-state index contributed by atoms with van der Waals surface area (Å²) in [6.45, 7) is 0. The van der Waals surface area contributed by atoms with Crippen molar-refractivity contribution < 1.29 is 0 Å². The monoisotopic (exact) mass is 1460 g/mol. The van der Waals surface area contributed by atoms with Crippen molar-refractivity contribution in [1.82, 2.24) is 9.13 Å². The van der Waals surface area contributed by atoms with Gasteiger partial charge in [-0.2, -0.15) is 0 Å². The highest BCUT2D eigenvalue weighted by Gasteiger charge is 2.29. The summed E-state index contributed by atoms with van der Waals surface area (Å²) in [5, 5.41) is 8.75. The van der Waals surface area contributed by atoms with E-state index < -0.39 is 0 Å². The second-order valence-corrected chi connectivity index (χ2v) is 27.9. The Bertz CT molecular complexity index is 6170. The average Bonchev–Trinajstić information content (AvgIpc) is 1.58. The Kier molecular flexibility index (Phi) is 18.6. The molecule has 0 unspecified atom stereocenters. The molecule has 0 radical (unpaired) electrons. The third-order valence-electron chi connectivity index (χ3n) is 20.3. The lowest BCUT2D eigenvalue weighted by Crippen LogP contribution is -2.15. The predicted octanol–water partition coefficient (Wildman–Crippen LogP) is 29.2. The number of nitrogens with one attached hydrogen (secondary N) is 1. The van der Waals surface area contributed by atoms with E-state index in [4.69, 9.17) is 0 Å². The van der Waals surface area contributed by atoms with Gasteiger partial charge in [0.25, 0.3) is 0 Å². The van der Waals surface area contributed by atoms with Crippen LogP contribution in [0.2, 0.25) is 0 Å². The Morgan fingerprint density at radius 1 is 0.229 bits per heavy atom. The number of para-hydroxylation sites is 10. The normalized spacial score (nSPS) is 11.2. The van der Waals surface area contributed by atoms with E-state index in [-0.39, 0.29) is 0 Å². The fourth-order valence-electron chi connectivity index (χ4n) is 15.6. The van der Waals surface area contributed by atoms with Crippen molar-refractivity contribution in [3.8, 4) is 55.9 Å². The van der Waals surface area contributed by atoms with Crippen LogP contribution in [0.15, 0.2) is 441 Å². The summed E-state index contributed by atoms with van der Waals surface area (Å²) < 4.78 is 5.82. The van der Waals surface area contributed by atoms with E-state index >= 15 is 0 Å². The van der Waals surface area contributed by atoms with E-state index in [1.54, 1.807) is 0 Å². The Morgan fingerprint density at radius 3 is 0.954 bits per heavy atom. The van der Waals surface area contributed by atoms with Crippen LogP contribution in [0.1, 0.15) is 0 Å². The van der Waals surface area contributed by atoms with Gasteiger partial charge >= 0.3 is 0 Å². The zero-order valence-corrected chi connectivity index (χ0v) is 61.3. The van der Waals surface area contributed by atoms with E-state index in [0.29, 0.717) is 0 Å². The molecule has 0 aliphatic carbocycles. The molecule has 7 heteroatoms. The van der Waals surface area contributed by atoms with Gasteiger partial charge in [0.15, 0.2) is 0 Å². The molecular formula is C102H73BrN6. The van der Waals surface area contributed by atoms with E-state index in [0.717, 1.165) is 145 Å². The van der Waals surface area contributed by atoms with E-state index in [1.807, 2.05) is 0 Å². The molecule has 1 N–H and O–H groups in total. The summed E-state index contributed by atoms with van der Waals surface area (Å²) in [6.07, 6.45) is 0. The Labute approximate surface area is 643 Å². The van der Waals surface area contributed by atoms with E-state index in [1.165, 1.54) is 21.5 Å². The van der Waals surface area contributed by atoms with Crippen LogP contribution < -0.4 is 20.0 Å². The third kappa shape index (κ3) is 13.2. The number of benzene rings is 17. The standard InChI is InChI=1S/C54H38BrN3.C48H35N3/c55-41-24-18-31-45(36-41)57(54-47(39-20-6-1-7-21-39)33-19-34-48(54)40-22-8-2-9-23-40)46-37-51(56(42-25-10-3-11-26-42)43-27-12-4-13-28-43)53-49-32-16-17-35-50(49)58(52(53)38-46)44-29-14-5-15-30-44;1-6-19-35(20-7-1)41-30-18-31-42(36-21-8-2-9-22-36)48(41)49-37-33-45(50(38-23-10-3-11-24-38)39-25-12-4-13-26-39)47-43-29-16-17-32-44(43)51(46(47)34-37)40-27-14-5-15-28-40/h1-38H;1-34,49H. The summed E-state index contributed by atoms with van der Waals surface area (Å²) in [5.74, 6) is 0. The van der Waals surface area contributed by atoms with Gasteiger partial charge in [-0.05, 0) is 150 Å². The minimum Gasteiger partial charge on any atom is -0.354 e. The van der Waals surface area contributed by atoms with Gasteiger partial charge in [0.05, 0.1) is 50.5 Å².